The highest BCUT2D eigenvalue weighted by atomic mass is 16.5. The molecule has 0 aliphatic heterocycles. The Morgan fingerprint density at radius 1 is 1.10 bits per heavy atom. The Morgan fingerprint density at radius 3 is 2.63 bits per heavy atom. The standard InChI is InChI=1S/C23H20N4O3/c1-15-7-10-21(30-14-16-5-3-2-4-6-16)19(25-15)12-27-20-11-17(13-28)8-9-18(20)26-23(27)22(24)29/h2-11,13H,12,14H2,1H3,(H2,24,29). The molecule has 0 radical (unpaired) electrons. The fraction of sp³-hybridized carbons (Fsp3) is 0.130. The van der Waals surface area contributed by atoms with E-state index < -0.39 is 5.91 Å². The van der Waals surface area contributed by atoms with Gasteiger partial charge >= 0.3 is 0 Å². The van der Waals surface area contributed by atoms with Crippen molar-refractivity contribution in [3.63, 3.8) is 0 Å². The molecule has 150 valence electrons. The van der Waals surface area contributed by atoms with Crippen molar-refractivity contribution in [3.05, 3.63) is 89.0 Å². The van der Waals surface area contributed by atoms with E-state index in [2.05, 4.69) is 9.97 Å². The van der Waals surface area contributed by atoms with E-state index in [1.54, 1.807) is 22.8 Å². The van der Waals surface area contributed by atoms with E-state index >= 15 is 0 Å². The maximum Gasteiger partial charge on any atom is 0.284 e. The maximum atomic E-state index is 12.0. The number of aromatic nitrogens is 3. The zero-order chi connectivity index (χ0) is 21.1. The minimum absolute atomic E-state index is 0.102. The topological polar surface area (TPSA) is 100 Å². The van der Waals surface area contributed by atoms with Gasteiger partial charge in [-0.1, -0.05) is 30.3 Å². The van der Waals surface area contributed by atoms with Gasteiger partial charge in [-0.3, -0.25) is 14.6 Å². The van der Waals surface area contributed by atoms with Crippen LogP contribution in [-0.2, 0) is 13.2 Å². The van der Waals surface area contributed by atoms with Gasteiger partial charge in [0.25, 0.3) is 5.91 Å². The van der Waals surface area contributed by atoms with Crippen molar-refractivity contribution >= 4 is 23.2 Å². The first-order valence-corrected chi connectivity index (χ1v) is 9.43. The summed E-state index contributed by atoms with van der Waals surface area (Å²) in [5, 5.41) is 0. The number of rotatable bonds is 7. The number of aryl methyl sites for hydroxylation is 1. The van der Waals surface area contributed by atoms with E-state index in [-0.39, 0.29) is 12.4 Å². The molecule has 2 heterocycles. The molecule has 2 aromatic carbocycles. The highest BCUT2D eigenvalue weighted by Gasteiger charge is 2.18. The number of nitrogens with two attached hydrogens (primary N) is 1. The van der Waals surface area contributed by atoms with Crippen molar-refractivity contribution < 1.29 is 14.3 Å². The van der Waals surface area contributed by atoms with Crippen LogP contribution in [0.2, 0.25) is 0 Å². The Balaban J connectivity index is 1.74. The summed E-state index contributed by atoms with van der Waals surface area (Å²) in [5.74, 6) is 0.0527. The molecule has 7 heteroatoms. The predicted molar refractivity (Wildman–Crippen MR) is 112 cm³/mol. The molecule has 0 atom stereocenters. The molecule has 0 fully saturated rings. The monoisotopic (exact) mass is 400 g/mol. The van der Waals surface area contributed by atoms with Gasteiger partial charge in [0.1, 0.15) is 24.3 Å². The number of nitrogens with zero attached hydrogens (tertiary/aromatic N) is 3. The van der Waals surface area contributed by atoms with Gasteiger partial charge in [0.05, 0.1) is 17.6 Å². The van der Waals surface area contributed by atoms with Crippen LogP contribution in [0.1, 0.15) is 37.9 Å². The van der Waals surface area contributed by atoms with E-state index in [0.717, 1.165) is 17.5 Å². The minimum atomic E-state index is -0.654. The third-order valence-electron chi connectivity index (χ3n) is 4.75. The third-order valence-corrected chi connectivity index (χ3v) is 4.75. The van der Waals surface area contributed by atoms with Crippen molar-refractivity contribution in [2.45, 2.75) is 20.1 Å². The van der Waals surface area contributed by atoms with Crippen molar-refractivity contribution in [2.24, 2.45) is 5.73 Å². The number of carbonyl (C=O) groups excluding carboxylic acids is 2. The number of pyridine rings is 1. The number of imidazole rings is 1. The van der Waals surface area contributed by atoms with Crippen LogP contribution in [0.5, 0.6) is 5.75 Å². The maximum absolute atomic E-state index is 12.0. The number of hydrogen-bond acceptors (Lipinski definition) is 5. The van der Waals surface area contributed by atoms with Gasteiger partial charge in [0.2, 0.25) is 0 Å². The summed E-state index contributed by atoms with van der Waals surface area (Å²) < 4.78 is 7.68. The van der Waals surface area contributed by atoms with Gasteiger partial charge in [-0.15, -0.1) is 0 Å². The number of hydrogen-bond donors (Lipinski definition) is 1. The largest absolute Gasteiger partial charge is 0.487 e. The fourth-order valence-electron chi connectivity index (χ4n) is 3.29. The Labute approximate surface area is 173 Å². The highest BCUT2D eigenvalue weighted by molar-refractivity contribution is 5.95. The molecule has 0 bridgehead atoms. The summed E-state index contributed by atoms with van der Waals surface area (Å²) in [4.78, 5) is 32.2. The van der Waals surface area contributed by atoms with Crippen LogP contribution in [0.25, 0.3) is 11.0 Å². The summed E-state index contributed by atoms with van der Waals surface area (Å²) in [6, 6.07) is 18.6. The molecule has 4 rings (SSSR count). The van der Waals surface area contributed by atoms with Gasteiger partial charge in [-0.05, 0) is 42.8 Å². The molecule has 1 amide bonds. The van der Waals surface area contributed by atoms with E-state index in [0.29, 0.717) is 34.6 Å². The molecule has 7 nitrogen and oxygen atoms in total. The van der Waals surface area contributed by atoms with E-state index in [1.807, 2.05) is 49.4 Å². The Kier molecular flexibility index (Phi) is 5.26. The number of aldehydes is 1. The molecular formula is C23H20N4O3. The lowest BCUT2D eigenvalue weighted by atomic mass is 10.2. The van der Waals surface area contributed by atoms with Crippen LogP contribution in [0, 0.1) is 6.92 Å². The molecular weight excluding hydrogens is 380 g/mol. The van der Waals surface area contributed by atoms with Crippen LogP contribution in [-0.4, -0.2) is 26.7 Å². The fourth-order valence-corrected chi connectivity index (χ4v) is 3.29. The molecule has 2 N–H and O–H groups in total. The quantitative estimate of drug-likeness (QED) is 0.480. The molecule has 0 saturated carbocycles. The Hall–Kier alpha value is -4.00. The average Bonchev–Trinajstić information content (AvgIpc) is 3.12. The molecule has 2 aromatic heterocycles. The smallest absolute Gasteiger partial charge is 0.284 e. The zero-order valence-corrected chi connectivity index (χ0v) is 16.4. The number of ether oxygens (including phenoxy) is 1. The van der Waals surface area contributed by atoms with Gasteiger partial charge in [-0.2, -0.15) is 0 Å². The summed E-state index contributed by atoms with van der Waals surface area (Å²) in [6.07, 6.45) is 0.750. The highest BCUT2D eigenvalue weighted by Crippen LogP contribution is 2.24. The van der Waals surface area contributed by atoms with Crippen molar-refractivity contribution in [1.29, 1.82) is 0 Å². The van der Waals surface area contributed by atoms with E-state index in [9.17, 15) is 9.59 Å². The van der Waals surface area contributed by atoms with Crippen molar-refractivity contribution in [2.75, 3.05) is 0 Å². The van der Waals surface area contributed by atoms with Crippen LogP contribution in [0.15, 0.2) is 60.7 Å². The zero-order valence-electron chi connectivity index (χ0n) is 16.4. The van der Waals surface area contributed by atoms with Crippen LogP contribution in [0.4, 0.5) is 0 Å². The summed E-state index contributed by atoms with van der Waals surface area (Å²) >= 11 is 0. The number of carbonyl (C=O) groups is 2. The normalized spacial score (nSPS) is 10.8. The first-order chi connectivity index (χ1) is 14.5. The van der Waals surface area contributed by atoms with Gasteiger partial charge in [-0.25, -0.2) is 4.98 Å². The minimum Gasteiger partial charge on any atom is -0.487 e. The molecule has 0 saturated heterocycles. The van der Waals surface area contributed by atoms with Crippen LogP contribution >= 0.6 is 0 Å². The summed E-state index contributed by atoms with van der Waals surface area (Å²) in [6.45, 7) is 2.50. The molecule has 0 aliphatic rings. The molecule has 0 unspecified atom stereocenters. The van der Waals surface area contributed by atoms with Crippen LogP contribution < -0.4 is 10.5 Å². The number of fused-ring (bicyclic) bond motifs is 1. The Bertz CT molecular complexity index is 1230. The van der Waals surface area contributed by atoms with E-state index in [1.165, 1.54) is 0 Å². The molecule has 30 heavy (non-hydrogen) atoms. The van der Waals surface area contributed by atoms with Crippen molar-refractivity contribution in [1.82, 2.24) is 14.5 Å². The number of primary amides is 1. The van der Waals surface area contributed by atoms with Crippen LogP contribution in [0.3, 0.4) is 0 Å². The SMILES string of the molecule is Cc1ccc(OCc2ccccc2)c(Cn2c(C(N)=O)nc3ccc(C=O)cc32)n1. The number of benzene rings is 2. The lowest BCUT2D eigenvalue weighted by Gasteiger charge is -2.14. The predicted octanol–water partition coefficient (Wildman–Crippen LogP) is 3.28. The van der Waals surface area contributed by atoms with Gasteiger partial charge < -0.3 is 15.0 Å². The second-order valence-electron chi connectivity index (χ2n) is 6.92. The lowest BCUT2D eigenvalue weighted by molar-refractivity contribution is 0.0987. The Morgan fingerprint density at radius 2 is 1.90 bits per heavy atom. The molecule has 4 aromatic rings. The first kappa shape index (κ1) is 19.3. The van der Waals surface area contributed by atoms with E-state index in [4.69, 9.17) is 10.5 Å². The van der Waals surface area contributed by atoms with Gasteiger partial charge in [0.15, 0.2) is 5.82 Å². The first-order valence-electron chi connectivity index (χ1n) is 9.43. The second kappa shape index (κ2) is 8.16. The lowest BCUT2D eigenvalue weighted by Crippen LogP contribution is -2.19. The second-order valence-corrected chi connectivity index (χ2v) is 6.92. The number of amides is 1. The summed E-state index contributed by atoms with van der Waals surface area (Å²) in [7, 11) is 0. The molecule has 0 spiro atoms. The van der Waals surface area contributed by atoms with Gasteiger partial charge in [0, 0.05) is 11.3 Å². The molecule has 0 aliphatic carbocycles. The van der Waals surface area contributed by atoms with Crippen molar-refractivity contribution in [3.8, 4) is 5.75 Å². The summed E-state index contributed by atoms with van der Waals surface area (Å²) in [5.41, 5.74) is 9.74. The third kappa shape index (κ3) is 3.91. The average molecular weight is 400 g/mol.